The molecule has 174 valence electrons. The highest BCUT2D eigenvalue weighted by atomic mass is 16.5. The first-order valence-corrected chi connectivity index (χ1v) is 11.6. The zero-order chi connectivity index (χ0) is 23.4. The number of ether oxygens (including phenoxy) is 1. The van der Waals surface area contributed by atoms with Crippen LogP contribution in [0.2, 0.25) is 0 Å². The molecule has 0 bridgehead atoms. The van der Waals surface area contributed by atoms with Gasteiger partial charge in [-0.25, -0.2) is 9.59 Å². The molecule has 0 saturated heterocycles. The largest absolute Gasteiger partial charge is 0.480 e. The van der Waals surface area contributed by atoms with Gasteiger partial charge >= 0.3 is 12.1 Å². The van der Waals surface area contributed by atoms with E-state index in [-0.39, 0.29) is 12.5 Å². The number of hydrogen-bond acceptors (Lipinski definition) is 4. The van der Waals surface area contributed by atoms with E-state index in [0.717, 1.165) is 35.1 Å². The third-order valence-electron chi connectivity index (χ3n) is 6.41. The number of carboxylic acids is 1. The molecule has 2 aliphatic rings. The van der Waals surface area contributed by atoms with Crippen LogP contribution in [0.15, 0.2) is 48.5 Å². The second-order valence-corrected chi connectivity index (χ2v) is 8.89. The summed E-state index contributed by atoms with van der Waals surface area (Å²) in [6.45, 7) is 2.05. The van der Waals surface area contributed by atoms with Crippen LogP contribution in [0.3, 0.4) is 0 Å². The molecule has 4 rings (SSSR count). The highest BCUT2D eigenvalue weighted by Gasteiger charge is 2.33. The summed E-state index contributed by atoms with van der Waals surface area (Å²) in [5, 5.41) is 14.7. The number of carbonyl (C=O) groups excluding carboxylic acids is 2. The van der Waals surface area contributed by atoms with Crippen LogP contribution in [0.4, 0.5) is 4.79 Å². The third-order valence-corrected chi connectivity index (χ3v) is 6.41. The van der Waals surface area contributed by atoms with Gasteiger partial charge in [0.25, 0.3) is 0 Å². The van der Waals surface area contributed by atoms with E-state index in [0.29, 0.717) is 25.2 Å². The van der Waals surface area contributed by atoms with Gasteiger partial charge in [-0.1, -0.05) is 74.7 Å². The summed E-state index contributed by atoms with van der Waals surface area (Å²) in [5.41, 5.74) is 4.50. The summed E-state index contributed by atoms with van der Waals surface area (Å²) in [5.74, 6) is -1.26. The van der Waals surface area contributed by atoms with Gasteiger partial charge in [-0.3, -0.25) is 4.79 Å². The summed E-state index contributed by atoms with van der Waals surface area (Å²) in [6.07, 6.45) is 2.78. The van der Waals surface area contributed by atoms with Crippen molar-refractivity contribution < 1.29 is 24.2 Å². The van der Waals surface area contributed by atoms with Crippen molar-refractivity contribution in [3.63, 3.8) is 0 Å². The second kappa shape index (κ2) is 10.1. The predicted molar refractivity (Wildman–Crippen MR) is 124 cm³/mol. The molecular weight excluding hydrogens is 420 g/mol. The van der Waals surface area contributed by atoms with Crippen molar-refractivity contribution in [2.75, 3.05) is 6.61 Å². The summed E-state index contributed by atoms with van der Waals surface area (Å²) < 4.78 is 5.55. The Labute approximate surface area is 193 Å². The molecule has 2 aliphatic carbocycles. The fourth-order valence-electron chi connectivity index (χ4n) is 4.52. The molecule has 0 heterocycles. The number of amides is 2. The molecule has 0 aromatic heterocycles. The normalized spacial score (nSPS) is 16.3. The van der Waals surface area contributed by atoms with Crippen molar-refractivity contribution in [1.29, 1.82) is 0 Å². The minimum atomic E-state index is -1.05. The molecule has 33 heavy (non-hydrogen) atoms. The molecule has 2 amide bonds. The average molecular weight is 451 g/mol. The lowest BCUT2D eigenvalue weighted by Gasteiger charge is -2.21. The van der Waals surface area contributed by atoms with E-state index in [9.17, 15) is 19.5 Å². The number of carboxylic acid groups (broad SMARTS) is 1. The number of benzene rings is 2. The van der Waals surface area contributed by atoms with Gasteiger partial charge in [0.05, 0.1) is 0 Å². The first-order chi connectivity index (χ1) is 16.0. The maximum Gasteiger partial charge on any atom is 0.407 e. The highest BCUT2D eigenvalue weighted by molar-refractivity contribution is 5.89. The van der Waals surface area contributed by atoms with Crippen molar-refractivity contribution in [1.82, 2.24) is 10.6 Å². The van der Waals surface area contributed by atoms with Gasteiger partial charge in [0.1, 0.15) is 18.7 Å². The molecule has 2 aromatic rings. The van der Waals surface area contributed by atoms with Crippen LogP contribution < -0.4 is 10.6 Å². The van der Waals surface area contributed by atoms with E-state index < -0.39 is 30.1 Å². The minimum absolute atomic E-state index is 0.0727. The Hall–Kier alpha value is -3.35. The van der Waals surface area contributed by atoms with Gasteiger partial charge in [-0.2, -0.15) is 0 Å². The molecule has 7 nitrogen and oxygen atoms in total. The number of alkyl carbamates (subject to hydrolysis) is 1. The number of fused-ring (bicyclic) bond motifs is 3. The lowest BCUT2D eigenvalue weighted by atomic mass is 9.98. The number of nitrogens with one attached hydrogen (secondary N) is 2. The van der Waals surface area contributed by atoms with Crippen LogP contribution in [0, 0.1) is 5.92 Å². The Morgan fingerprint density at radius 2 is 1.58 bits per heavy atom. The first-order valence-electron chi connectivity index (χ1n) is 11.6. The van der Waals surface area contributed by atoms with Crippen LogP contribution in [0.5, 0.6) is 0 Å². The number of rotatable bonds is 10. The van der Waals surface area contributed by atoms with E-state index in [2.05, 4.69) is 22.8 Å². The van der Waals surface area contributed by atoms with E-state index in [1.54, 1.807) is 0 Å². The molecule has 1 saturated carbocycles. The fraction of sp³-hybridized carbons (Fsp3) is 0.423. The summed E-state index contributed by atoms with van der Waals surface area (Å²) in [6, 6.07) is 14.4. The smallest absolute Gasteiger partial charge is 0.407 e. The number of hydrogen-bond donors (Lipinski definition) is 3. The van der Waals surface area contributed by atoms with E-state index in [4.69, 9.17) is 4.74 Å². The monoisotopic (exact) mass is 450 g/mol. The SMILES string of the molecule is CCC[C@@H](NC(=O)OCC1c2ccccc2-c2ccccc21)C(=O)N[C@@H](CC1CC1)C(=O)O. The van der Waals surface area contributed by atoms with Crippen molar-refractivity contribution in [3.8, 4) is 11.1 Å². The predicted octanol–water partition coefficient (Wildman–Crippen LogP) is 4.06. The molecule has 0 unspecified atom stereocenters. The van der Waals surface area contributed by atoms with E-state index in [1.165, 1.54) is 0 Å². The van der Waals surface area contributed by atoms with Crippen molar-refractivity contribution in [2.45, 2.75) is 57.0 Å². The van der Waals surface area contributed by atoms with Crippen LogP contribution >= 0.6 is 0 Å². The lowest BCUT2D eigenvalue weighted by Crippen LogP contribution is -2.51. The van der Waals surface area contributed by atoms with Gasteiger partial charge in [0, 0.05) is 5.92 Å². The molecule has 2 atom stereocenters. The van der Waals surface area contributed by atoms with Gasteiger partial charge < -0.3 is 20.5 Å². The maximum absolute atomic E-state index is 12.7. The Kier molecular flexibility index (Phi) is 6.96. The van der Waals surface area contributed by atoms with Crippen LogP contribution in [0.25, 0.3) is 11.1 Å². The molecule has 3 N–H and O–H groups in total. The molecule has 0 radical (unpaired) electrons. The number of aliphatic carboxylic acids is 1. The van der Waals surface area contributed by atoms with Crippen molar-refractivity contribution in [3.05, 3.63) is 59.7 Å². The van der Waals surface area contributed by atoms with Crippen LogP contribution in [0.1, 0.15) is 56.1 Å². The topological polar surface area (TPSA) is 105 Å². The molecular formula is C26H30N2O5. The quantitative estimate of drug-likeness (QED) is 0.506. The summed E-state index contributed by atoms with van der Waals surface area (Å²) in [4.78, 5) is 36.8. The van der Waals surface area contributed by atoms with Gasteiger partial charge in [-0.05, 0) is 41.0 Å². The Bertz CT molecular complexity index is 987. The average Bonchev–Trinajstić information content (AvgIpc) is 3.57. The van der Waals surface area contributed by atoms with E-state index in [1.807, 2.05) is 43.3 Å². The first kappa shape index (κ1) is 22.8. The molecule has 1 fully saturated rings. The molecule has 0 spiro atoms. The van der Waals surface area contributed by atoms with Crippen LogP contribution in [-0.2, 0) is 14.3 Å². The second-order valence-electron chi connectivity index (χ2n) is 8.89. The van der Waals surface area contributed by atoms with Gasteiger partial charge in [-0.15, -0.1) is 0 Å². The summed E-state index contributed by atoms with van der Waals surface area (Å²) in [7, 11) is 0. The van der Waals surface area contributed by atoms with Gasteiger partial charge in [0.2, 0.25) is 5.91 Å². The van der Waals surface area contributed by atoms with Gasteiger partial charge in [0.15, 0.2) is 0 Å². The lowest BCUT2D eigenvalue weighted by molar-refractivity contribution is -0.142. The maximum atomic E-state index is 12.7. The van der Waals surface area contributed by atoms with Crippen LogP contribution in [-0.4, -0.2) is 41.8 Å². The molecule has 0 aliphatic heterocycles. The highest BCUT2D eigenvalue weighted by Crippen LogP contribution is 2.44. The zero-order valence-corrected chi connectivity index (χ0v) is 18.8. The minimum Gasteiger partial charge on any atom is -0.480 e. The molecule has 7 heteroatoms. The van der Waals surface area contributed by atoms with Crippen molar-refractivity contribution >= 4 is 18.0 Å². The van der Waals surface area contributed by atoms with E-state index >= 15 is 0 Å². The Morgan fingerprint density at radius 1 is 0.970 bits per heavy atom. The number of carbonyl (C=O) groups is 3. The summed E-state index contributed by atoms with van der Waals surface area (Å²) >= 11 is 0. The Balaban J connectivity index is 1.37. The fourth-order valence-corrected chi connectivity index (χ4v) is 4.52. The standard InChI is InChI=1S/C26H30N2O5/c1-2-7-22(24(29)27-23(25(30)31)14-16-12-13-16)28-26(32)33-15-21-19-10-5-3-8-17(19)18-9-4-6-11-20(18)21/h3-6,8-11,16,21-23H,2,7,12-15H2,1H3,(H,27,29)(H,28,32)(H,30,31)/t22-,23+/m1/s1. The van der Waals surface area contributed by atoms with Crippen molar-refractivity contribution in [2.24, 2.45) is 5.92 Å². The molecule has 2 aromatic carbocycles. The zero-order valence-electron chi connectivity index (χ0n) is 18.8. The Morgan fingerprint density at radius 3 is 2.12 bits per heavy atom. The third kappa shape index (κ3) is 5.35.